The number of nitrogens with zero attached hydrogens (tertiary/aromatic N) is 5. The van der Waals surface area contributed by atoms with Crippen LogP contribution < -0.4 is 10.7 Å². The third-order valence-electron chi connectivity index (χ3n) is 4.42. The molecule has 1 unspecified atom stereocenters. The van der Waals surface area contributed by atoms with Crippen LogP contribution in [0.4, 0.5) is 10.7 Å². The smallest absolute Gasteiger partial charge is 0.324 e. The molecule has 0 spiro atoms. The Morgan fingerprint density at radius 3 is 2.76 bits per heavy atom. The van der Waals surface area contributed by atoms with Crippen LogP contribution in [0.3, 0.4) is 0 Å². The zero-order chi connectivity index (χ0) is 23.8. The Bertz CT molecular complexity index is 1160. The quantitative estimate of drug-likeness (QED) is 0.138. The van der Waals surface area contributed by atoms with Gasteiger partial charge in [-0.15, -0.1) is 16.8 Å². The molecule has 2 heterocycles. The number of carbonyl (C=O) groups excluding carboxylic acids is 1. The molecule has 0 aliphatic heterocycles. The summed E-state index contributed by atoms with van der Waals surface area (Å²) >= 11 is 2.23. The van der Waals surface area contributed by atoms with Crippen LogP contribution in [0, 0.1) is 17.0 Å². The van der Waals surface area contributed by atoms with Gasteiger partial charge in [-0.1, -0.05) is 46.9 Å². The van der Waals surface area contributed by atoms with Crippen molar-refractivity contribution in [2.75, 3.05) is 5.32 Å². The fourth-order valence-corrected chi connectivity index (χ4v) is 4.24. The average Bonchev–Trinajstić information content (AvgIpc) is 3.41. The molecule has 1 amide bonds. The van der Waals surface area contributed by atoms with E-state index in [1.54, 1.807) is 19.1 Å². The largest absolute Gasteiger partial charge is 0.378 e. The zero-order valence-electron chi connectivity index (χ0n) is 18.1. The van der Waals surface area contributed by atoms with Crippen molar-refractivity contribution < 1.29 is 9.72 Å². The first-order valence-corrected chi connectivity index (χ1v) is 11.6. The number of benzene rings is 1. The summed E-state index contributed by atoms with van der Waals surface area (Å²) in [4.78, 5) is 23.3. The second kappa shape index (κ2) is 11.4. The van der Waals surface area contributed by atoms with Gasteiger partial charge in [0.05, 0.1) is 27.8 Å². The van der Waals surface area contributed by atoms with Gasteiger partial charge in [0.15, 0.2) is 11.0 Å². The molecule has 33 heavy (non-hydrogen) atoms. The van der Waals surface area contributed by atoms with Gasteiger partial charge in [0.2, 0.25) is 0 Å². The van der Waals surface area contributed by atoms with Crippen molar-refractivity contribution in [2.24, 2.45) is 5.10 Å². The van der Waals surface area contributed by atoms with Gasteiger partial charge < -0.3 is 9.88 Å². The molecular weight excluding hydrogens is 462 g/mol. The van der Waals surface area contributed by atoms with E-state index in [0.29, 0.717) is 23.1 Å². The van der Waals surface area contributed by atoms with Crippen molar-refractivity contribution in [3.63, 3.8) is 0 Å². The van der Waals surface area contributed by atoms with Gasteiger partial charge in [-0.2, -0.15) is 5.10 Å². The fraction of sp³-hybridized carbons (Fsp3) is 0.238. The number of nitro groups is 1. The highest BCUT2D eigenvalue weighted by Gasteiger charge is 2.19. The molecule has 0 saturated carbocycles. The minimum atomic E-state index is -0.495. The SMILES string of the molecule is C=CCn1c(CNc2ccc(C)cc2)nnc1SC(C)C(=O)N/N=C/c1ccc([N+](=O)[O-])s1. The molecule has 0 fully saturated rings. The van der Waals surface area contributed by atoms with E-state index in [9.17, 15) is 14.9 Å². The summed E-state index contributed by atoms with van der Waals surface area (Å²) in [6.45, 7) is 8.55. The van der Waals surface area contributed by atoms with Crippen LogP contribution in [-0.2, 0) is 17.9 Å². The Labute approximate surface area is 199 Å². The van der Waals surface area contributed by atoms with E-state index in [4.69, 9.17) is 0 Å². The number of anilines is 1. The standard InChI is InChI=1S/C21H23N7O3S2/c1-4-11-27-18(13-22-16-7-5-14(2)6-8-16)24-26-21(27)32-15(3)20(29)25-23-12-17-9-10-19(33-17)28(30)31/h4-10,12,15,22H,1,11,13H2,2-3H3,(H,25,29)/b23-12+. The molecule has 0 saturated heterocycles. The van der Waals surface area contributed by atoms with Crippen molar-refractivity contribution in [1.29, 1.82) is 0 Å². The first-order chi connectivity index (χ1) is 15.9. The van der Waals surface area contributed by atoms with Gasteiger partial charge in [-0.3, -0.25) is 14.9 Å². The van der Waals surface area contributed by atoms with Crippen molar-refractivity contribution in [3.8, 4) is 0 Å². The number of hydrogen-bond acceptors (Lipinski definition) is 9. The molecule has 3 aromatic rings. The number of thiophene rings is 1. The highest BCUT2D eigenvalue weighted by Crippen LogP contribution is 2.24. The minimum absolute atomic E-state index is 0.0147. The Balaban J connectivity index is 1.59. The van der Waals surface area contributed by atoms with Gasteiger partial charge in [-0.05, 0) is 32.0 Å². The topological polar surface area (TPSA) is 127 Å². The number of thioether (sulfide) groups is 1. The highest BCUT2D eigenvalue weighted by molar-refractivity contribution is 8.00. The number of aryl methyl sites for hydroxylation is 1. The maximum atomic E-state index is 12.4. The Kier molecular flexibility index (Phi) is 8.33. The average molecular weight is 486 g/mol. The summed E-state index contributed by atoms with van der Waals surface area (Å²) in [5.74, 6) is 0.401. The molecule has 172 valence electrons. The second-order valence-corrected chi connectivity index (χ2v) is 9.35. The van der Waals surface area contributed by atoms with Gasteiger partial charge in [-0.25, -0.2) is 5.43 Å². The molecule has 1 aromatic carbocycles. The molecule has 0 radical (unpaired) electrons. The number of nitrogens with one attached hydrogen (secondary N) is 2. The molecular formula is C21H23N7O3S2. The Hall–Kier alpha value is -3.51. The monoisotopic (exact) mass is 485 g/mol. The van der Waals surface area contributed by atoms with Gasteiger partial charge in [0, 0.05) is 18.3 Å². The van der Waals surface area contributed by atoms with Crippen molar-refractivity contribution in [2.45, 2.75) is 37.3 Å². The molecule has 0 aliphatic carbocycles. The Morgan fingerprint density at radius 1 is 1.33 bits per heavy atom. The normalized spacial score (nSPS) is 11.9. The molecule has 1 atom stereocenters. The van der Waals surface area contributed by atoms with Gasteiger partial charge in [0.25, 0.3) is 5.91 Å². The summed E-state index contributed by atoms with van der Waals surface area (Å²) in [6.07, 6.45) is 3.13. The third kappa shape index (κ3) is 6.73. The summed E-state index contributed by atoms with van der Waals surface area (Å²) in [6, 6.07) is 11.0. The van der Waals surface area contributed by atoms with Crippen LogP contribution in [-0.4, -0.2) is 37.1 Å². The molecule has 2 N–H and O–H groups in total. The molecule has 10 nitrogen and oxygen atoms in total. The third-order valence-corrected chi connectivity index (χ3v) is 6.47. The molecule has 0 aliphatic rings. The molecule has 3 rings (SSSR count). The lowest BCUT2D eigenvalue weighted by Crippen LogP contribution is -2.27. The van der Waals surface area contributed by atoms with E-state index in [0.717, 1.165) is 22.8 Å². The van der Waals surface area contributed by atoms with Crippen LogP contribution in [0.5, 0.6) is 0 Å². The van der Waals surface area contributed by atoms with E-state index < -0.39 is 10.2 Å². The molecule has 2 aromatic heterocycles. The number of amides is 1. The Morgan fingerprint density at radius 2 is 2.09 bits per heavy atom. The number of hydrogen-bond donors (Lipinski definition) is 2. The van der Waals surface area contributed by atoms with E-state index in [1.807, 2.05) is 35.8 Å². The van der Waals surface area contributed by atoms with Crippen LogP contribution in [0.25, 0.3) is 0 Å². The minimum Gasteiger partial charge on any atom is -0.378 e. The summed E-state index contributed by atoms with van der Waals surface area (Å²) < 4.78 is 1.90. The second-order valence-electron chi connectivity index (χ2n) is 6.95. The number of aromatic nitrogens is 3. The van der Waals surface area contributed by atoms with E-state index in [-0.39, 0.29) is 10.9 Å². The lowest BCUT2D eigenvalue weighted by Gasteiger charge is -2.12. The maximum absolute atomic E-state index is 12.4. The number of rotatable bonds is 11. The molecule has 0 bridgehead atoms. The van der Waals surface area contributed by atoms with Crippen molar-refractivity contribution >= 4 is 45.9 Å². The lowest BCUT2D eigenvalue weighted by atomic mass is 10.2. The number of allylic oxidation sites excluding steroid dienone is 1. The van der Waals surface area contributed by atoms with Crippen LogP contribution in [0.1, 0.15) is 23.2 Å². The van der Waals surface area contributed by atoms with E-state index in [2.05, 4.69) is 32.6 Å². The van der Waals surface area contributed by atoms with Crippen molar-refractivity contribution in [3.05, 3.63) is 75.4 Å². The fourth-order valence-electron chi connectivity index (χ4n) is 2.67. The zero-order valence-corrected chi connectivity index (χ0v) is 19.7. The summed E-state index contributed by atoms with van der Waals surface area (Å²) in [5, 5.41) is 26.6. The summed E-state index contributed by atoms with van der Waals surface area (Å²) in [5.41, 5.74) is 4.61. The first kappa shape index (κ1) is 24.1. The first-order valence-electron chi connectivity index (χ1n) is 9.94. The predicted octanol–water partition coefficient (Wildman–Crippen LogP) is 3.99. The summed E-state index contributed by atoms with van der Waals surface area (Å²) in [7, 11) is 0. The lowest BCUT2D eigenvalue weighted by molar-refractivity contribution is -0.380. The predicted molar refractivity (Wildman–Crippen MR) is 131 cm³/mol. The number of carbonyl (C=O) groups is 1. The maximum Gasteiger partial charge on any atom is 0.324 e. The van der Waals surface area contributed by atoms with Crippen molar-refractivity contribution in [1.82, 2.24) is 20.2 Å². The highest BCUT2D eigenvalue weighted by atomic mass is 32.2. The van der Waals surface area contributed by atoms with E-state index >= 15 is 0 Å². The van der Waals surface area contributed by atoms with Crippen LogP contribution >= 0.6 is 23.1 Å². The number of hydrazone groups is 1. The van der Waals surface area contributed by atoms with Gasteiger partial charge in [0.1, 0.15) is 0 Å². The van der Waals surface area contributed by atoms with Gasteiger partial charge >= 0.3 is 5.00 Å². The van der Waals surface area contributed by atoms with E-state index in [1.165, 1.54) is 29.6 Å². The van der Waals surface area contributed by atoms with Crippen LogP contribution in [0.15, 0.2) is 59.3 Å². The molecule has 12 heteroatoms. The van der Waals surface area contributed by atoms with Crippen LogP contribution in [0.2, 0.25) is 0 Å².